The molecule has 1 N–H and O–H groups in total. The van der Waals surface area contributed by atoms with Gasteiger partial charge in [-0.1, -0.05) is 18.2 Å². The Kier molecular flexibility index (Phi) is 5.53. The van der Waals surface area contributed by atoms with Gasteiger partial charge in [0.25, 0.3) is 0 Å². The van der Waals surface area contributed by atoms with Gasteiger partial charge in [-0.3, -0.25) is 4.79 Å². The quantitative estimate of drug-likeness (QED) is 0.618. The molecule has 0 heterocycles. The monoisotopic (exact) mass is 301 g/mol. The van der Waals surface area contributed by atoms with E-state index < -0.39 is 5.82 Å². The summed E-state index contributed by atoms with van der Waals surface area (Å²) in [5, 5.41) is 3.14. The molecule has 0 unspecified atom stereocenters. The Balaban J connectivity index is 1.88. The Labute approximate surface area is 130 Å². The van der Waals surface area contributed by atoms with E-state index in [-0.39, 0.29) is 11.3 Å². The summed E-state index contributed by atoms with van der Waals surface area (Å²) in [6.07, 6.45) is 1.79. The molecule has 0 aliphatic heterocycles. The second-order valence-electron chi connectivity index (χ2n) is 5.10. The lowest BCUT2D eigenvalue weighted by Crippen LogP contribution is -2.09. The highest BCUT2D eigenvalue weighted by atomic mass is 19.1. The van der Waals surface area contributed by atoms with Crippen molar-refractivity contribution in [2.45, 2.75) is 19.8 Å². The van der Waals surface area contributed by atoms with Crippen LogP contribution >= 0.6 is 0 Å². The molecule has 0 fully saturated rings. The van der Waals surface area contributed by atoms with Crippen LogP contribution in [0, 0.1) is 5.82 Å². The van der Waals surface area contributed by atoms with Gasteiger partial charge in [-0.05, 0) is 49.6 Å². The molecule has 0 aromatic heterocycles. The standard InChI is InChI=1S/C18H20FNO2/c1-13(21)18-16(19)6-3-7-17(18)20-12-4-5-14-8-10-15(22-2)11-9-14/h3,6-11,20H,4-5,12H2,1-2H3. The molecule has 0 spiro atoms. The van der Waals surface area contributed by atoms with E-state index >= 15 is 0 Å². The van der Waals surface area contributed by atoms with Crippen LogP contribution in [0.3, 0.4) is 0 Å². The van der Waals surface area contributed by atoms with E-state index in [1.54, 1.807) is 19.2 Å². The molecule has 0 saturated carbocycles. The average molecular weight is 301 g/mol. The summed E-state index contributed by atoms with van der Waals surface area (Å²) in [6.45, 7) is 2.05. The van der Waals surface area contributed by atoms with E-state index in [0.29, 0.717) is 12.2 Å². The highest BCUT2D eigenvalue weighted by Gasteiger charge is 2.12. The van der Waals surface area contributed by atoms with E-state index in [2.05, 4.69) is 5.32 Å². The highest BCUT2D eigenvalue weighted by Crippen LogP contribution is 2.20. The Morgan fingerprint density at radius 2 is 1.91 bits per heavy atom. The number of nitrogens with one attached hydrogen (secondary N) is 1. The number of anilines is 1. The fourth-order valence-electron chi connectivity index (χ4n) is 2.34. The van der Waals surface area contributed by atoms with Crippen LogP contribution in [0.1, 0.15) is 29.3 Å². The van der Waals surface area contributed by atoms with Crippen molar-refractivity contribution in [3.8, 4) is 5.75 Å². The maximum absolute atomic E-state index is 13.7. The van der Waals surface area contributed by atoms with Crippen molar-refractivity contribution in [2.75, 3.05) is 19.0 Å². The summed E-state index contributed by atoms with van der Waals surface area (Å²) in [4.78, 5) is 11.5. The van der Waals surface area contributed by atoms with Gasteiger partial charge in [0.2, 0.25) is 0 Å². The van der Waals surface area contributed by atoms with Crippen molar-refractivity contribution in [1.29, 1.82) is 0 Å². The molecule has 0 atom stereocenters. The predicted octanol–water partition coefficient (Wildman–Crippen LogP) is 4.08. The molecule has 2 aromatic carbocycles. The van der Waals surface area contributed by atoms with Gasteiger partial charge in [0.15, 0.2) is 5.78 Å². The molecule has 4 heteroatoms. The molecule has 2 rings (SSSR count). The van der Waals surface area contributed by atoms with E-state index in [9.17, 15) is 9.18 Å². The molecular formula is C18H20FNO2. The lowest BCUT2D eigenvalue weighted by Gasteiger charge is -2.11. The minimum Gasteiger partial charge on any atom is -0.497 e. The fourth-order valence-corrected chi connectivity index (χ4v) is 2.34. The number of rotatable bonds is 7. The van der Waals surface area contributed by atoms with Crippen molar-refractivity contribution >= 4 is 11.5 Å². The van der Waals surface area contributed by atoms with Crippen molar-refractivity contribution in [1.82, 2.24) is 0 Å². The first-order valence-corrected chi connectivity index (χ1v) is 7.28. The Morgan fingerprint density at radius 1 is 1.18 bits per heavy atom. The average Bonchev–Trinajstić information content (AvgIpc) is 2.52. The molecular weight excluding hydrogens is 281 g/mol. The van der Waals surface area contributed by atoms with Crippen molar-refractivity contribution < 1.29 is 13.9 Å². The first-order chi connectivity index (χ1) is 10.6. The molecule has 22 heavy (non-hydrogen) atoms. The third kappa shape index (κ3) is 4.07. The SMILES string of the molecule is COc1ccc(CCCNc2cccc(F)c2C(C)=O)cc1. The third-order valence-electron chi connectivity index (χ3n) is 3.48. The number of ether oxygens (including phenoxy) is 1. The smallest absolute Gasteiger partial charge is 0.164 e. The third-order valence-corrected chi connectivity index (χ3v) is 3.48. The number of carbonyl (C=O) groups is 1. The molecule has 0 bridgehead atoms. The zero-order valence-corrected chi connectivity index (χ0v) is 12.9. The number of benzene rings is 2. The molecule has 0 saturated heterocycles. The van der Waals surface area contributed by atoms with Gasteiger partial charge in [-0.15, -0.1) is 0 Å². The van der Waals surface area contributed by atoms with Crippen LogP contribution in [0.25, 0.3) is 0 Å². The van der Waals surface area contributed by atoms with Gasteiger partial charge in [0.1, 0.15) is 11.6 Å². The first-order valence-electron chi connectivity index (χ1n) is 7.28. The van der Waals surface area contributed by atoms with Gasteiger partial charge in [0.05, 0.1) is 12.7 Å². The summed E-state index contributed by atoms with van der Waals surface area (Å²) >= 11 is 0. The van der Waals surface area contributed by atoms with Gasteiger partial charge >= 0.3 is 0 Å². The summed E-state index contributed by atoms with van der Waals surface area (Å²) in [5.74, 6) is 0.0937. The van der Waals surface area contributed by atoms with Gasteiger partial charge in [-0.2, -0.15) is 0 Å². The molecule has 0 amide bonds. The van der Waals surface area contributed by atoms with Crippen LogP contribution in [-0.2, 0) is 6.42 Å². The molecule has 3 nitrogen and oxygen atoms in total. The van der Waals surface area contributed by atoms with Crippen molar-refractivity contribution in [2.24, 2.45) is 0 Å². The first kappa shape index (κ1) is 16.0. The van der Waals surface area contributed by atoms with E-state index in [1.165, 1.54) is 18.6 Å². The molecule has 0 aliphatic rings. The van der Waals surface area contributed by atoms with Gasteiger partial charge in [-0.25, -0.2) is 4.39 Å². The van der Waals surface area contributed by atoms with Crippen LogP contribution in [-0.4, -0.2) is 19.4 Å². The van der Waals surface area contributed by atoms with Crippen LogP contribution < -0.4 is 10.1 Å². The minimum atomic E-state index is -0.479. The van der Waals surface area contributed by atoms with Crippen LogP contribution in [0.4, 0.5) is 10.1 Å². The molecule has 116 valence electrons. The molecule has 0 radical (unpaired) electrons. The number of methoxy groups -OCH3 is 1. The number of Topliss-reactive ketones (excluding diaryl/α,β-unsaturated/α-hetero) is 1. The molecule has 0 aliphatic carbocycles. The van der Waals surface area contributed by atoms with Crippen molar-refractivity contribution in [3.63, 3.8) is 0 Å². The maximum atomic E-state index is 13.7. The Bertz CT molecular complexity index is 638. The summed E-state index contributed by atoms with van der Waals surface area (Å²) in [6, 6.07) is 12.6. The van der Waals surface area contributed by atoms with Crippen LogP contribution in [0.5, 0.6) is 5.75 Å². The summed E-state index contributed by atoms with van der Waals surface area (Å²) < 4.78 is 18.8. The number of hydrogen-bond donors (Lipinski definition) is 1. The van der Waals surface area contributed by atoms with Gasteiger partial charge < -0.3 is 10.1 Å². The fraction of sp³-hybridized carbons (Fsp3) is 0.278. The van der Waals surface area contributed by atoms with E-state index in [4.69, 9.17) is 4.74 Å². The lowest BCUT2D eigenvalue weighted by molar-refractivity contribution is 0.101. The number of carbonyl (C=O) groups excluding carboxylic acids is 1. The second kappa shape index (κ2) is 7.59. The largest absolute Gasteiger partial charge is 0.497 e. The normalized spacial score (nSPS) is 10.3. The van der Waals surface area contributed by atoms with Crippen LogP contribution in [0.15, 0.2) is 42.5 Å². The number of halogens is 1. The molecule has 2 aromatic rings. The maximum Gasteiger partial charge on any atom is 0.164 e. The zero-order chi connectivity index (χ0) is 15.9. The Morgan fingerprint density at radius 3 is 2.55 bits per heavy atom. The van der Waals surface area contributed by atoms with Crippen molar-refractivity contribution in [3.05, 3.63) is 59.4 Å². The number of ketones is 1. The van der Waals surface area contributed by atoms with E-state index in [0.717, 1.165) is 18.6 Å². The predicted molar refractivity (Wildman–Crippen MR) is 86.2 cm³/mol. The summed E-state index contributed by atoms with van der Waals surface area (Å²) in [7, 11) is 1.64. The van der Waals surface area contributed by atoms with E-state index in [1.807, 2.05) is 24.3 Å². The minimum absolute atomic E-state index is 0.131. The highest BCUT2D eigenvalue weighted by molar-refractivity contribution is 5.99. The topological polar surface area (TPSA) is 38.3 Å². The lowest BCUT2D eigenvalue weighted by atomic mass is 10.1. The number of aryl methyl sites for hydroxylation is 1. The Hall–Kier alpha value is -2.36. The number of hydrogen-bond acceptors (Lipinski definition) is 3. The second-order valence-corrected chi connectivity index (χ2v) is 5.10. The van der Waals surface area contributed by atoms with Gasteiger partial charge in [0, 0.05) is 12.2 Å². The zero-order valence-electron chi connectivity index (χ0n) is 12.9. The van der Waals surface area contributed by atoms with Crippen LogP contribution in [0.2, 0.25) is 0 Å². The summed E-state index contributed by atoms with van der Waals surface area (Å²) in [5.41, 5.74) is 1.91.